The number of hydrogen-bond acceptors (Lipinski definition) is 4. The molecule has 0 aromatic heterocycles. The van der Waals surface area contributed by atoms with E-state index < -0.39 is 0 Å². The van der Waals surface area contributed by atoms with E-state index in [2.05, 4.69) is 12.2 Å². The molecule has 0 spiro atoms. The fourth-order valence-corrected chi connectivity index (χ4v) is 1.52. The standard InChI is InChI=1S/C13H21FN2O2/c1-3-6-18-7-4-5-16-12-9-13(17-2)11(15)8-10(12)14/h8-9,16H,3-7,15H2,1-2H3. The predicted octanol–water partition coefficient (Wildman–Crippen LogP) is 2.65. The molecule has 1 aromatic carbocycles. The van der Waals surface area contributed by atoms with Crippen LogP contribution in [-0.2, 0) is 4.74 Å². The van der Waals surface area contributed by atoms with Crippen molar-refractivity contribution in [3.63, 3.8) is 0 Å². The number of benzene rings is 1. The summed E-state index contributed by atoms with van der Waals surface area (Å²) in [4.78, 5) is 0. The summed E-state index contributed by atoms with van der Waals surface area (Å²) in [5, 5.41) is 3.00. The fraction of sp³-hybridized carbons (Fsp3) is 0.538. The number of nitrogens with one attached hydrogen (secondary N) is 1. The van der Waals surface area contributed by atoms with E-state index in [0.29, 0.717) is 30.3 Å². The maximum Gasteiger partial charge on any atom is 0.148 e. The number of halogens is 1. The van der Waals surface area contributed by atoms with Crippen LogP contribution in [0.25, 0.3) is 0 Å². The average Bonchev–Trinajstić information content (AvgIpc) is 2.36. The minimum absolute atomic E-state index is 0.298. The summed E-state index contributed by atoms with van der Waals surface area (Å²) in [6.45, 7) is 4.15. The van der Waals surface area contributed by atoms with E-state index in [1.54, 1.807) is 6.07 Å². The number of rotatable bonds is 8. The minimum atomic E-state index is -0.372. The first-order chi connectivity index (χ1) is 8.69. The molecular formula is C13H21FN2O2. The molecular weight excluding hydrogens is 235 g/mol. The molecule has 0 bridgehead atoms. The number of nitrogen functional groups attached to an aromatic ring is 1. The Labute approximate surface area is 107 Å². The molecule has 0 atom stereocenters. The topological polar surface area (TPSA) is 56.5 Å². The second-order valence-electron chi connectivity index (χ2n) is 3.97. The van der Waals surface area contributed by atoms with Gasteiger partial charge < -0.3 is 20.5 Å². The molecule has 0 aliphatic carbocycles. The zero-order valence-corrected chi connectivity index (χ0v) is 11.0. The van der Waals surface area contributed by atoms with Crippen LogP contribution in [0, 0.1) is 5.82 Å². The van der Waals surface area contributed by atoms with Gasteiger partial charge >= 0.3 is 0 Å². The van der Waals surface area contributed by atoms with Crippen molar-refractivity contribution in [3.8, 4) is 5.75 Å². The molecule has 0 saturated carbocycles. The van der Waals surface area contributed by atoms with Gasteiger partial charge in [-0.05, 0) is 12.8 Å². The molecule has 0 amide bonds. The number of methoxy groups -OCH3 is 1. The van der Waals surface area contributed by atoms with E-state index >= 15 is 0 Å². The van der Waals surface area contributed by atoms with Gasteiger partial charge in [0.2, 0.25) is 0 Å². The predicted molar refractivity (Wildman–Crippen MR) is 71.6 cm³/mol. The lowest BCUT2D eigenvalue weighted by Crippen LogP contribution is -2.08. The Morgan fingerprint density at radius 2 is 2.11 bits per heavy atom. The Bertz CT molecular complexity index is 372. The third-order valence-electron chi connectivity index (χ3n) is 2.45. The van der Waals surface area contributed by atoms with Crippen molar-refractivity contribution in [1.82, 2.24) is 0 Å². The molecule has 0 radical (unpaired) electrons. The summed E-state index contributed by atoms with van der Waals surface area (Å²) in [7, 11) is 1.51. The molecule has 0 heterocycles. The van der Waals surface area contributed by atoms with E-state index in [1.165, 1.54) is 13.2 Å². The van der Waals surface area contributed by atoms with Gasteiger partial charge in [-0.15, -0.1) is 0 Å². The Kier molecular flexibility index (Phi) is 6.28. The summed E-state index contributed by atoms with van der Waals surface area (Å²) < 4.78 is 23.9. The first-order valence-corrected chi connectivity index (χ1v) is 6.13. The second kappa shape index (κ2) is 7.76. The molecule has 102 valence electrons. The highest BCUT2D eigenvalue weighted by Crippen LogP contribution is 2.28. The molecule has 0 aliphatic heterocycles. The molecule has 5 heteroatoms. The van der Waals surface area contributed by atoms with E-state index in [9.17, 15) is 4.39 Å². The molecule has 4 nitrogen and oxygen atoms in total. The van der Waals surface area contributed by atoms with Gasteiger partial charge in [0.1, 0.15) is 11.6 Å². The van der Waals surface area contributed by atoms with Crippen molar-refractivity contribution >= 4 is 11.4 Å². The van der Waals surface area contributed by atoms with Crippen LogP contribution in [0.4, 0.5) is 15.8 Å². The van der Waals surface area contributed by atoms with Crippen LogP contribution in [-0.4, -0.2) is 26.9 Å². The molecule has 18 heavy (non-hydrogen) atoms. The maximum atomic E-state index is 13.6. The van der Waals surface area contributed by atoms with Gasteiger partial charge in [0.15, 0.2) is 0 Å². The summed E-state index contributed by atoms with van der Waals surface area (Å²) in [5.41, 5.74) is 6.30. The van der Waals surface area contributed by atoms with Crippen LogP contribution in [0.15, 0.2) is 12.1 Å². The van der Waals surface area contributed by atoms with Crippen molar-refractivity contribution in [2.24, 2.45) is 0 Å². The molecule has 0 aliphatic rings. The summed E-state index contributed by atoms with van der Waals surface area (Å²) >= 11 is 0. The van der Waals surface area contributed by atoms with Crippen molar-refractivity contribution in [1.29, 1.82) is 0 Å². The highest BCUT2D eigenvalue weighted by Gasteiger charge is 2.07. The van der Waals surface area contributed by atoms with Crippen LogP contribution in [0.3, 0.4) is 0 Å². The first kappa shape index (κ1) is 14.6. The summed E-state index contributed by atoms with van der Waals surface area (Å²) in [6, 6.07) is 2.83. The van der Waals surface area contributed by atoms with Gasteiger partial charge in [0.25, 0.3) is 0 Å². The average molecular weight is 256 g/mol. The van der Waals surface area contributed by atoms with Gasteiger partial charge in [0, 0.05) is 31.9 Å². The lowest BCUT2D eigenvalue weighted by Gasteiger charge is -2.11. The van der Waals surface area contributed by atoms with Crippen molar-refractivity contribution in [2.45, 2.75) is 19.8 Å². The molecule has 0 unspecified atom stereocenters. The number of ether oxygens (including phenoxy) is 2. The summed E-state index contributed by atoms with van der Waals surface area (Å²) in [5.74, 6) is 0.101. The zero-order chi connectivity index (χ0) is 13.4. The Morgan fingerprint density at radius 3 is 2.78 bits per heavy atom. The minimum Gasteiger partial charge on any atom is -0.495 e. The van der Waals surface area contributed by atoms with E-state index in [-0.39, 0.29) is 5.82 Å². The fourth-order valence-electron chi connectivity index (χ4n) is 1.52. The second-order valence-corrected chi connectivity index (χ2v) is 3.97. The van der Waals surface area contributed by atoms with Crippen molar-refractivity contribution in [2.75, 3.05) is 37.9 Å². The van der Waals surface area contributed by atoms with Gasteiger partial charge in [-0.2, -0.15) is 0 Å². The molecule has 1 aromatic rings. The molecule has 1 rings (SSSR count). The number of anilines is 2. The van der Waals surface area contributed by atoms with Crippen molar-refractivity contribution in [3.05, 3.63) is 17.9 Å². The van der Waals surface area contributed by atoms with Crippen LogP contribution in [0.2, 0.25) is 0 Å². The van der Waals surface area contributed by atoms with Crippen molar-refractivity contribution < 1.29 is 13.9 Å². The molecule has 0 fully saturated rings. The smallest absolute Gasteiger partial charge is 0.148 e. The van der Waals surface area contributed by atoms with E-state index in [0.717, 1.165) is 19.4 Å². The number of hydrogen-bond donors (Lipinski definition) is 2. The normalized spacial score (nSPS) is 10.4. The number of nitrogens with two attached hydrogens (primary N) is 1. The third-order valence-corrected chi connectivity index (χ3v) is 2.45. The van der Waals surface area contributed by atoms with Crippen LogP contribution in [0.5, 0.6) is 5.75 Å². The highest BCUT2D eigenvalue weighted by atomic mass is 19.1. The first-order valence-electron chi connectivity index (χ1n) is 6.13. The third kappa shape index (κ3) is 4.41. The lowest BCUT2D eigenvalue weighted by molar-refractivity contribution is 0.134. The Hall–Kier alpha value is -1.49. The van der Waals surface area contributed by atoms with Gasteiger partial charge in [-0.1, -0.05) is 6.92 Å². The molecule has 3 N–H and O–H groups in total. The highest BCUT2D eigenvalue weighted by molar-refractivity contribution is 5.62. The Morgan fingerprint density at radius 1 is 1.33 bits per heavy atom. The van der Waals surface area contributed by atoms with Crippen LogP contribution >= 0.6 is 0 Å². The van der Waals surface area contributed by atoms with E-state index in [4.69, 9.17) is 15.2 Å². The van der Waals surface area contributed by atoms with Gasteiger partial charge in [-0.25, -0.2) is 4.39 Å². The SMILES string of the molecule is CCCOCCCNc1cc(OC)c(N)cc1F. The molecule has 0 saturated heterocycles. The largest absolute Gasteiger partial charge is 0.495 e. The summed E-state index contributed by atoms with van der Waals surface area (Å²) in [6.07, 6.45) is 1.84. The maximum absolute atomic E-state index is 13.6. The lowest BCUT2D eigenvalue weighted by atomic mass is 10.2. The van der Waals surface area contributed by atoms with E-state index in [1.807, 2.05) is 0 Å². The quantitative estimate of drug-likeness (QED) is 0.554. The van der Waals surface area contributed by atoms with Gasteiger partial charge in [0.05, 0.1) is 18.5 Å². The Balaban J connectivity index is 2.42. The monoisotopic (exact) mass is 256 g/mol. The van der Waals surface area contributed by atoms with Gasteiger partial charge in [-0.3, -0.25) is 0 Å². The van der Waals surface area contributed by atoms with Crippen LogP contribution < -0.4 is 15.8 Å². The van der Waals surface area contributed by atoms with Crippen LogP contribution in [0.1, 0.15) is 19.8 Å². The zero-order valence-electron chi connectivity index (χ0n) is 11.0.